The van der Waals surface area contributed by atoms with E-state index in [4.69, 9.17) is 9.84 Å². The van der Waals surface area contributed by atoms with Crippen molar-refractivity contribution in [3.8, 4) is 0 Å². The minimum atomic E-state index is -1.38. The SMILES string of the molecule is CCOC(=O)c1ccc([C@@](O)(I)CO)cn1. The van der Waals surface area contributed by atoms with Crippen molar-refractivity contribution in [3.63, 3.8) is 0 Å². The first-order chi connectivity index (χ1) is 7.51. The minimum absolute atomic E-state index is 0.177. The van der Waals surface area contributed by atoms with Gasteiger partial charge in [-0.25, -0.2) is 9.78 Å². The fourth-order valence-electron chi connectivity index (χ4n) is 1.04. The van der Waals surface area contributed by atoms with Gasteiger partial charge in [-0.3, -0.25) is 0 Å². The quantitative estimate of drug-likeness (QED) is 0.483. The number of esters is 1. The topological polar surface area (TPSA) is 79.7 Å². The monoisotopic (exact) mass is 337 g/mol. The predicted molar refractivity (Wildman–Crippen MR) is 65.2 cm³/mol. The first kappa shape index (κ1) is 13.3. The number of carbonyl (C=O) groups is 1. The maximum Gasteiger partial charge on any atom is 0.356 e. The molecule has 16 heavy (non-hydrogen) atoms. The molecule has 1 aromatic rings. The van der Waals surface area contributed by atoms with Crippen molar-refractivity contribution < 1.29 is 19.7 Å². The number of rotatable bonds is 4. The summed E-state index contributed by atoms with van der Waals surface area (Å²) < 4.78 is 3.39. The van der Waals surface area contributed by atoms with E-state index in [1.54, 1.807) is 29.5 Å². The number of halogens is 1. The van der Waals surface area contributed by atoms with Gasteiger partial charge in [-0.2, -0.15) is 0 Å². The molecule has 2 N–H and O–H groups in total. The second kappa shape index (κ2) is 5.55. The van der Waals surface area contributed by atoms with Gasteiger partial charge < -0.3 is 14.9 Å². The number of aliphatic hydroxyl groups is 2. The van der Waals surface area contributed by atoms with Crippen LogP contribution in [0.4, 0.5) is 0 Å². The normalized spacial score (nSPS) is 14.2. The summed E-state index contributed by atoms with van der Waals surface area (Å²) in [6.07, 6.45) is 1.34. The van der Waals surface area contributed by atoms with Gasteiger partial charge in [0.25, 0.3) is 0 Å². The van der Waals surface area contributed by atoms with Crippen LogP contribution in [0.5, 0.6) is 0 Å². The Morgan fingerprint density at radius 1 is 1.62 bits per heavy atom. The molecular formula is C10H12INO4. The van der Waals surface area contributed by atoms with Crippen LogP contribution in [0.1, 0.15) is 23.0 Å². The number of aliphatic hydroxyl groups excluding tert-OH is 1. The Morgan fingerprint density at radius 3 is 2.75 bits per heavy atom. The first-order valence-corrected chi connectivity index (χ1v) is 5.75. The van der Waals surface area contributed by atoms with Gasteiger partial charge in [-0.1, -0.05) is 6.07 Å². The molecule has 6 heteroatoms. The van der Waals surface area contributed by atoms with Crippen molar-refractivity contribution in [2.75, 3.05) is 13.2 Å². The second-order valence-electron chi connectivity index (χ2n) is 3.07. The third-order valence-electron chi connectivity index (χ3n) is 1.90. The third kappa shape index (κ3) is 3.13. The molecular weight excluding hydrogens is 325 g/mol. The van der Waals surface area contributed by atoms with Crippen LogP contribution < -0.4 is 0 Å². The minimum Gasteiger partial charge on any atom is -0.461 e. The molecule has 0 fully saturated rings. The molecule has 1 rings (SSSR count). The number of hydrogen-bond donors (Lipinski definition) is 2. The molecule has 1 atom stereocenters. The molecule has 0 saturated heterocycles. The summed E-state index contributed by atoms with van der Waals surface area (Å²) in [5, 5.41) is 18.6. The third-order valence-corrected chi connectivity index (χ3v) is 2.86. The first-order valence-electron chi connectivity index (χ1n) is 4.67. The highest BCUT2D eigenvalue weighted by Gasteiger charge is 2.24. The number of aromatic nitrogens is 1. The van der Waals surface area contributed by atoms with E-state index in [9.17, 15) is 9.90 Å². The Kier molecular flexibility index (Phi) is 4.63. The van der Waals surface area contributed by atoms with Crippen LogP contribution in [0.3, 0.4) is 0 Å². The highest BCUT2D eigenvalue weighted by Crippen LogP contribution is 2.27. The summed E-state index contributed by atoms with van der Waals surface area (Å²) in [7, 11) is 0. The van der Waals surface area contributed by atoms with E-state index in [1.165, 1.54) is 18.3 Å². The van der Waals surface area contributed by atoms with Gasteiger partial charge in [-0.15, -0.1) is 0 Å². The largest absolute Gasteiger partial charge is 0.461 e. The van der Waals surface area contributed by atoms with Crippen molar-refractivity contribution >= 4 is 28.6 Å². The number of carbonyl (C=O) groups excluding carboxylic acids is 1. The summed E-state index contributed by atoms with van der Waals surface area (Å²) in [4.78, 5) is 15.1. The zero-order valence-corrected chi connectivity index (χ0v) is 10.8. The van der Waals surface area contributed by atoms with Crippen LogP contribution in [0.2, 0.25) is 0 Å². The molecule has 0 aliphatic rings. The molecule has 0 radical (unpaired) electrons. The van der Waals surface area contributed by atoms with Crippen LogP contribution >= 0.6 is 22.6 Å². The number of alkyl halides is 1. The molecule has 0 aliphatic carbocycles. The molecule has 0 aliphatic heterocycles. The Bertz CT molecular complexity index is 364. The Labute approximate surface area is 107 Å². The van der Waals surface area contributed by atoms with Gasteiger partial charge >= 0.3 is 5.97 Å². The molecule has 1 heterocycles. The smallest absolute Gasteiger partial charge is 0.356 e. The second-order valence-corrected chi connectivity index (χ2v) is 4.85. The van der Waals surface area contributed by atoms with E-state index in [2.05, 4.69) is 4.98 Å². The average molecular weight is 337 g/mol. The highest BCUT2D eigenvalue weighted by molar-refractivity contribution is 14.1. The van der Waals surface area contributed by atoms with Crippen LogP contribution in [0, 0.1) is 0 Å². The molecule has 0 unspecified atom stereocenters. The van der Waals surface area contributed by atoms with E-state index >= 15 is 0 Å². The van der Waals surface area contributed by atoms with Gasteiger partial charge in [0.15, 0.2) is 3.61 Å². The Balaban J connectivity index is 2.87. The van der Waals surface area contributed by atoms with Crippen molar-refractivity contribution in [1.29, 1.82) is 0 Å². The number of ether oxygens (including phenoxy) is 1. The summed E-state index contributed by atoms with van der Waals surface area (Å²) in [5.74, 6) is -0.505. The summed E-state index contributed by atoms with van der Waals surface area (Å²) in [6, 6.07) is 2.98. The Morgan fingerprint density at radius 2 is 2.31 bits per heavy atom. The lowest BCUT2D eigenvalue weighted by Gasteiger charge is -2.18. The van der Waals surface area contributed by atoms with E-state index in [-0.39, 0.29) is 12.3 Å². The van der Waals surface area contributed by atoms with Crippen molar-refractivity contribution in [3.05, 3.63) is 29.6 Å². The number of pyridine rings is 1. The van der Waals surface area contributed by atoms with E-state index in [1.807, 2.05) is 0 Å². The van der Waals surface area contributed by atoms with E-state index < -0.39 is 16.2 Å². The molecule has 0 bridgehead atoms. The standard InChI is InChI=1S/C10H12INO4/c1-2-16-9(14)8-4-3-7(5-12-8)10(11,15)6-13/h3-5,13,15H,2,6H2,1H3/t10-/m1/s1. The fourth-order valence-corrected chi connectivity index (χ4v) is 1.36. The molecule has 0 amide bonds. The number of nitrogens with zero attached hydrogens (tertiary/aromatic N) is 1. The summed E-state index contributed by atoms with van der Waals surface area (Å²) in [5.41, 5.74) is 0.611. The van der Waals surface area contributed by atoms with Gasteiger partial charge in [0.1, 0.15) is 5.69 Å². The molecule has 0 saturated carbocycles. The maximum atomic E-state index is 11.3. The molecule has 1 aromatic heterocycles. The lowest BCUT2D eigenvalue weighted by molar-refractivity contribution is 0.0518. The zero-order chi connectivity index (χ0) is 12.2. The predicted octanol–water partition coefficient (Wildman–Crippen LogP) is 0.831. The van der Waals surface area contributed by atoms with Crippen molar-refractivity contribution in [1.82, 2.24) is 4.98 Å². The van der Waals surface area contributed by atoms with Crippen LogP contribution in [-0.4, -0.2) is 34.4 Å². The van der Waals surface area contributed by atoms with Crippen LogP contribution in [0.25, 0.3) is 0 Å². The highest BCUT2D eigenvalue weighted by atomic mass is 127. The molecule has 0 spiro atoms. The molecule has 5 nitrogen and oxygen atoms in total. The van der Waals surface area contributed by atoms with Gasteiger partial charge in [0.2, 0.25) is 0 Å². The maximum absolute atomic E-state index is 11.3. The van der Waals surface area contributed by atoms with E-state index in [0.717, 1.165) is 0 Å². The van der Waals surface area contributed by atoms with E-state index in [0.29, 0.717) is 5.56 Å². The molecule has 88 valence electrons. The lowest BCUT2D eigenvalue weighted by atomic mass is 10.1. The zero-order valence-electron chi connectivity index (χ0n) is 8.68. The van der Waals surface area contributed by atoms with Gasteiger partial charge in [0, 0.05) is 11.8 Å². The number of hydrogen-bond acceptors (Lipinski definition) is 5. The fraction of sp³-hybridized carbons (Fsp3) is 0.400. The van der Waals surface area contributed by atoms with Crippen molar-refractivity contribution in [2.45, 2.75) is 10.5 Å². The van der Waals surface area contributed by atoms with Gasteiger partial charge in [-0.05, 0) is 35.6 Å². The summed E-state index contributed by atoms with van der Waals surface area (Å²) in [6.45, 7) is 1.57. The summed E-state index contributed by atoms with van der Waals surface area (Å²) >= 11 is 1.70. The average Bonchev–Trinajstić information content (AvgIpc) is 2.29. The van der Waals surface area contributed by atoms with Crippen LogP contribution in [-0.2, 0) is 8.34 Å². The van der Waals surface area contributed by atoms with Crippen molar-refractivity contribution in [2.24, 2.45) is 0 Å². The lowest BCUT2D eigenvalue weighted by Crippen LogP contribution is -2.22. The molecule has 0 aromatic carbocycles. The van der Waals surface area contributed by atoms with Gasteiger partial charge in [0.05, 0.1) is 13.2 Å². The Hall–Kier alpha value is -0.730. The van der Waals surface area contributed by atoms with Crippen LogP contribution in [0.15, 0.2) is 18.3 Å².